The molecule has 0 unspecified atom stereocenters. The van der Waals surface area contributed by atoms with Gasteiger partial charge in [0.15, 0.2) is 11.5 Å². The Labute approximate surface area is 167 Å². The monoisotopic (exact) mass is 394 g/mol. The van der Waals surface area contributed by atoms with Crippen molar-refractivity contribution in [3.05, 3.63) is 70.4 Å². The summed E-state index contributed by atoms with van der Waals surface area (Å²) in [6.07, 6.45) is 2.06. The number of H-pyrrole nitrogens is 1. The van der Waals surface area contributed by atoms with Crippen LogP contribution in [0.3, 0.4) is 0 Å². The highest BCUT2D eigenvalue weighted by Gasteiger charge is 2.29. The van der Waals surface area contributed by atoms with Crippen LogP contribution in [-0.2, 0) is 19.5 Å². The van der Waals surface area contributed by atoms with E-state index in [0.717, 1.165) is 28.1 Å². The third-order valence-corrected chi connectivity index (χ3v) is 5.12. The molecule has 0 fully saturated rings. The topological polar surface area (TPSA) is 100 Å². The highest BCUT2D eigenvalue weighted by molar-refractivity contribution is 5.95. The van der Waals surface area contributed by atoms with Crippen LogP contribution in [0.25, 0.3) is 0 Å². The minimum absolute atomic E-state index is 0.157. The predicted octanol–water partition coefficient (Wildman–Crippen LogP) is 2.45. The Kier molecular flexibility index (Phi) is 5.07. The van der Waals surface area contributed by atoms with E-state index in [4.69, 9.17) is 9.15 Å². The molecule has 4 rings (SSSR count). The van der Waals surface area contributed by atoms with Gasteiger partial charge in [0.2, 0.25) is 0 Å². The van der Waals surface area contributed by atoms with Gasteiger partial charge in [-0.1, -0.05) is 18.2 Å². The van der Waals surface area contributed by atoms with E-state index in [1.165, 1.54) is 6.26 Å². The van der Waals surface area contributed by atoms with E-state index in [0.29, 0.717) is 37.5 Å². The minimum Gasteiger partial charge on any atom is -0.496 e. The molecule has 8 nitrogen and oxygen atoms in total. The molecule has 29 heavy (non-hydrogen) atoms. The van der Waals surface area contributed by atoms with Gasteiger partial charge in [-0.2, -0.15) is 5.10 Å². The zero-order valence-electron chi connectivity index (χ0n) is 16.3. The molecule has 2 aromatic heterocycles. The Hall–Kier alpha value is -3.55. The average molecular weight is 394 g/mol. The summed E-state index contributed by atoms with van der Waals surface area (Å²) in [6, 6.07) is 9.30. The number of rotatable bonds is 5. The van der Waals surface area contributed by atoms with Crippen molar-refractivity contribution in [2.24, 2.45) is 0 Å². The van der Waals surface area contributed by atoms with Crippen LogP contribution in [0, 0.1) is 6.92 Å². The Morgan fingerprint density at radius 3 is 2.90 bits per heavy atom. The number of carbonyl (C=O) groups is 2. The van der Waals surface area contributed by atoms with Crippen molar-refractivity contribution in [1.29, 1.82) is 0 Å². The summed E-state index contributed by atoms with van der Waals surface area (Å²) in [7, 11) is 1.60. The van der Waals surface area contributed by atoms with Gasteiger partial charge in [-0.25, -0.2) is 0 Å². The molecule has 2 N–H and O–H groups in total. The second-order valence-corrected chi connectivity index (χ2v) is 6.93. The fraction of sp³-hybridized carbons (Fsp3) is 0.286. The first-order valence-electron chi connectivity index (χ1n) is 9.38. The van der Waals surface area contributed by atoms with Crippen LogP contribution in [0.15, 0.2) is 41.0 Å². The standard InChI is InChI=1S/C21H22N4O4/c1-13-8-10-29-19(13)21(27)25-9-7-15-16(12-25)23-24-18(15)20(26)22-11-14-5-3-4-6-17(14)28-2/h3-6,8,10H,7,9,11-12H2,1-2H3,(H,22,26)(H,23,24). The molecular formula is C21H22N4O4. The maximum atomic E-state index is 12.7. The van der Waals surface area contributed by atoms with Crippen molar-refractivity contribution >= 4 is 11.8 Å². The number of aromatic nitrogens is 2. The minimum atomic E-state index is -0.255. The smallest absolute Gasteiger partial charge is 0.290 e. The Bertz CT molecular complexity index is 1050. The summed E-state index contributed by atoms with van der Waals surface area (Å²) in [4.78, 5) is 27.0. The van der Waals surface area contributed by atoms with Crippen LogP contribution in [-0.4, -0.2) is 40.6 Å². The number of methoxy groups -OCH3 is 1. The first kappa shape index (κ1) is 18.8. The van der Waals surface area contributed by atoms with Crippen molar-refractivity contribution < 1.29 is 18.7 Å². The lowest BCUT2D eigenvalue weighted by atomic mass is 10.0. The maximum absolute atomic E-state index is 12.7. The number of aryl methyl sites for hydroxylation is 1. The highest BCUT2D eigenvalue weighted by Crippen LogP contribution is 2.23. The van der Waals surface area contributed by atoms with Crippen molar-refractivity contribution in [2.75, 3.05) is 13.7 Å². The zero-order chi connectivity index (χ0) is 20.4. The summed E-state index contributed by atoms with van der Waals surface area (Å²) in [5.74, 6) is 0.659. The molecule has 0 radical (unpaired) electrons. The summed E-state index contributed by atoms with van der Waals surface area (Å²) in [5.41, 5.74) is 3.69. The molecule has 0 saturated heterocycles. The predicted molar refractivity (Wildman–Crippen MR) is 105 cm³/mol. The van der Waals surface area contributed by atoms with Crippen molar-refractivity contribution in [2.45, 2.75) is 26.4 Å². The van der Waals surface area contributed by atoms with Gasteiger partial charge in [0.1, 0.15) is 5.75 Å². The lowest BCUT2D eigenvalue weighted by Gasteiger charge is -2.26. The molecule has 1 aliphatic heterocycles. The van der Waals surface area contributed by atoms with Gasteiger partial charge in [-0.15, -0.1) is 0 Å². The van der Waals surface area contributed by atoms with Gasteiger partial charge in [0.25, 0.3) is 11.8 Å². The molecule has 0 atom stereocenters. The summed E-state index contributed by atoms with van der Waals surface area (Å²) < 4.78 is 10.6. The molecule has 0 spiro atoms. The van der Waals surface area contributed by atoms with Crippen LogP contribution >= 0.6 is 0 Å². The molecule has 0 saturated carbocycles. The number of carbonyl (C=O) groups excluding carboxylic acids is 2. The van der Waals surface area contributed by atoms with E-state index in [1.807, 2.05) is 31.2 Å². The Morgan fingerprint density at radius 2 is 2.14 bits per heavy atom. The lowest BCUT2D eigenvalue weighted by Crippen LogP contribution is -2.36. The van der Waals surface area contributed by atoms with Crippen LogP contribution < -0.4 is 10.1 Å². The van der Waals surface area contributed by atoms with E-state index in [1.54, 1.807) is 18.1 Å². The van der Waals surface area contributed by atoms with Gasteiger partial charge in [0.05, 0.1) is 25.6 Å². The third-order valence-electron chi connectivity index (χ3n) is 5.12. The molecule has 150 valence electrons. The second-order valence-electron chi connectivity index (χ2n) is 6.93. The van der Waals surface area contributed by atoms with E-state index in [2.05, 4.69) is 15.5 Å². The Balaban J connectivity index is 1.44. The van der Waals surface area contributed by atoms with Crippen molar-refractivity contribution in [3.63, 3.8) is 0 Å². The number of nitrogens with one attached hydrogen (secondary N) is 2. The quantitative estimate of drug-likeness (QED) is 0.692. The van der Waals surface area contributed by atoms with Crippen LogP contribution in [0.4, 0.5) is 0 Å². The number of ether oxygens (including phenoxy) is 1. The molecule has 8 heteroatoms. The van der Waals surface area contributed by atoms with Crippen molar-refractivity contribution in [3.8, 4) is 5.75 Å². The molecule has 3 heterocycles. The summed E-state index contributed by atoms with van der Waals surface area (Å²) >= 11 is 0. The second kappa shape index (κ2) is 7.83. The molecule has 3 aromatic rings. The first-order valence-corrected chi connectivity index (χ1v) is 9.38. The third kappa shape index (κ3) is 3.61. The number of amides is 2. The number of hydrogen-bond acceptors (Lipinski definition) is 5. The summed E-state index contributed by atoms with van der Waals surface area (Å²) in [6.45, 7) is 3.04. The zero-order valence-corrected chi connectivity index (χ0v) is 16.3. The van der Waals surface area contributed by atoms with E-state index in [-0.39, 0.29) is 11.8 Å². The number of aromatic amines is 1. The van der Waals surface area contributed by atoms with E-state index in [9.17, 15) is 9.59 Å². The Morgan fingerprint density at radius 1 is 1.31 bits per heavy atom. The van der Waals surface area contributed by atoms with Gasteiger partial charge in [0, 0.05) is 29.8 Å². The number of furan rings is 1. The number of hydrogen-bond donors (Lipinski definition) is 2. The molecule has 2 amide bonds. The van der Waals surface area contributed by atoms with E-state index < -0.39 is 0 Å². The van der Waals surface area contributed by atoms with Gasteiger partial charge < -0.3 is 19.4 Å². The fourth-order valence-electron chi connectivity index (χ4n) is 3.52. The van der Waals surface area contributed by atoms with Gasteiger partial charge in [-0.05, 0) is 25.5 Å². The van der Waals surface area contributed by atoms with Gasteiger partial charge in [-0.3, -0.25) is 14.7 Å². The van der Waals surface area contributed by atoms with E-state index >= 15 is 0 Å². The number of benzene rings is 1. The summed E-state index contributed by atoms with van der Waals surface area (Å²) in [5, 5.41) is 10.0. The number of para-hydroxylation sites is 1. The SMILES string of the molecule is COc1ccccc1CNC(=O)c1n[nH]c2c1CCN(C(=O)c1occc1C)C2. The molecule has 0 aliphatic carbocycles. The number of nitrogens with zero attached hydrogens (tertiary/aromatic N) is 2. The molecule has 1 aliphatic rings. The average Bonchev–Trinajstić information content (AvgIpc) is 3.37. The first-order chi connectivity index (χ1) is 14.1. The molecular weight excluding hydrogens is 372 g/mol. The maximum Gasteiger partial charge on any atom is 0.290 e. The van der Waals surface area contributed by atoms with Crippen LogP contribution in [0.2, 0.25) is 0 Å². The van der Waals surface area contributed by atoms with Crippen LogP contribution in [0.5, 0.6) is 5.75 Å². The van der Waals surface area contributed by atoms with Crippen molar-refractivity contribution in [1.82, 2.24) is 20.4 Å². The van der Waals surface area contributed by atoms with Crippen LogP contribution in [0.1, 0.15) is 43.4 Å². The lowest BCUT2D eigenvalue weighted by molar-refractivity contribution is 0.0699. The number of fused-ring (bicyclic) bond motifs is 1. The van der Waals surface area contributed by atoms with Gasteiger partial charge >= 0.3 is 0 Å². The fourth-order valence-corrected chi connectivity index (χ4v) is 3.52. The molecule has 1 aromatic carbocycles. The molecule has 0 bridgehead atoms. The largest absolute Gasteiger partial charge is 0.496 e. The normalized spacial score (nSPS) is 13.1. The highest BCUT2D eigenvalue weighted by atomic mass is 16.5.